The number of benzene rings is 4. The zero-order valence-corrected chi connectivity index (χ0v) is 25.4. The predicted octanol–water partition coefficient (Wildman–Crippen LogP) is 3.71. The fraction of sp³-hybridized carbons (Fsp3) is 0.115. The molecule has 0 spiro atoms. The number of hydrogen-bond donors (Lipinski definition) is 2. The van der Waals surface area contributed by atoms with Gasteiger partial charge in [-0.1, -0.05) is 60.1 Å². The molecule has 196 valence electrons. The standard InChI is InChI=1S/C26H21Cl2N3O6S.Na/c1-3-14-11-20(28)23(38(34,35)36)13-21(14)30-31-24-17-7-5-4-6-15(17)10-18(25(24)32)26(33)29-22-12-16(37-2)8-9-19(22)27;/h4-13,32H,3H2,1-2H3,(H,29,33)(H,34,35,36);/q;+1/p-1. The van der Waals surface area contributed by atoms with E-state index < -0.39 is 26.7 Å². The average molecular weight is 596 g/mol. The maximum Gasteiger partial charge on any atom is 1.00 e. The van der Waals surface area contributed by atoms with Crippen molar-refractivity contribution in [3.8, 4) is 11.5 Å². The maximum atomic E-state index is 13.4. The topological polar surface area (TPSA) is 140 Å². The first kappa shape index (κ1) is 30.8. The number of nitrogens with zero attached hydrogens (tertiary/aromatic N) is 2. The summed E-state index contributed by atoms with van der Waals surface area (Å²) in [4.78, 5) is 12.6. The van der Waals surface area contributed by atoms with E-state index in [1.807, 2.05) is 0 Å². The molecule has 0 atom stereocenters. The summed E-state index contributed by atoms with van der Waals surface area (Å²) in [5.74, 6) is -0.966. The number of amides is 1. The van der Waals surface area contributed by atoms with Crippen LogP contribution in [0.2, 0.25) is 10.0 Å². The number of carbonyl (C=O) groups is 1. The molecule has 0 aromatic heterocycles. The SMILES string of the molecule is CCc1cc(Cl)c(S(=O)(=O)O)cc1N=Nc1c([O-])c(C(=O)Nc2cc(OC)ccc2Cl)cc2ccccc12.[Na+]. The molecule has 0 saturated heterocycles. The number of fused-ring (bicyclic) bond motifs is 1. The number of carbonyl (C=O) groups excluding carboxylic acids is 1. The molecule has 0 fully saturated rings. The van der Waals surface area contributed by atoms with Gasteiger partial charge in [0, 0.05) is 17.0 Å². The van der Waals surface area contributed by atoms with Crippen molar-refractivity contribution in [3.05, 3.63) is 81.8 Å². The summed E-state index contributed by atoms with van der Waals surface area (Å²) >= 11 is 12.2. The summed E-state index contributed by atoms with van der Waals surface area (Å²) in [6.45, 7) is 1.79. The van der Waals surface area contributed by atoms with Gasteiger partial charge in [-0.25, -0.2) is 0 Å². The first-order valence-electron chi connectivity index (χ1n) is 11.1. The molecular formula is C26H20Cl2N3NaO6S. The quantitative estimate of drug-likeness (QED) is 0.189. The monoisotopic (exact) mass is 595 g/mol. The van der Waals surface area contributed by atoms with Crippen LogP contribution in [0.1, 0.15) is 22.8 Å². The number of halogens is 2. The molecule has 9 nitrogen and oxygen atoms in total. The molecule has 0 aliphatic heterocycles. The van der Waals surface area contributed by atoms with Crippen molar-refractivity contribution >= 4 is 67.1 Å². The summed E-state index contributed by atoms with van der Waals surface area (Å²) in [5.41, 5.74) is 0.533. The number of nitrogens with one attached hydrogen (secondary N) is 1. The van der Waals surface area contributed by atoms with Crippen LogP contribution < -0.4 is 44.7 Å². The van der Waals surface area contributed by atoms with Crippen molar-refractivity contribution in [2.45, 2.75) is 18.2 Å². The molecule has 1 amide bonds. The minimum absolute atomic E-state index is 0. The van der Waals surface area contributed by atoms with Crippen molar-refractivity contribution in [2.24, 2.45) is 10.2 Å². The van der Waals surface area contributed by atoms with Crippen LogP contribution in [0.15, 0.2) is 75.8 Å². The minimum atomic E-state index is -4.63. The molecule has 4 aromatic carbocycles. The number of ether oxygens (including phenoxy) is 1. The van der Waals surface area contributed by atoms with E-state index in [1.165, 1.54) is 25.3 Å². The van der Waals surface area contributed by atoms with Gasteiger partial charge in [0.15, 0.2) is 0 Å². The zero-order chi connectivity index (χ0) is 27.6. The Morgan fingerprint density at radius 3 is 2.44 bits per heavy atom. The van der Waals surface area contributed by atoms with Crippen LogP contribution in [0.5, 0.6) is 11.5 Å². The Balaban J connectivity index is 0.00000420. The van der Waals surface area contributed by atoms with E-state index in [0.29, 0.717) is 28.5 Å². The number of aryl methyl sites for hydroxylation is 1. The second-order valence-corrected chi connectivity index (χ2v) is 10.3. The van der Waals surface area contributed by atoms with E-state index in [0.717, 1.165) is 6.07 Å². The van der Waals surface area contributed by atoms with E-state index in [-0.39, 0.29) is 62.2 Å². The fourth-order valence-electron chi connectivity index (χ4n) is 3.76. The Kier molecular flexibility index (Phi) is 10.0. The Bertz CT molecular complexity index is 1710. The van der Waals surface area contributed by atoms with Gasteiger partial charge in [-0.15, -0.1) is 0 Å². The summed E-state index contributed by atoms with van der Waals surface area (Å²) in [6, 6.07) is 15.4. The molecular weight excluding hydrogens is 576 g/mol. The molecule has 4 rings (SSSR count). The molecule has 13 heteroatoms. The van der Waals surface area contributed by atoms with Crippen molar-refractivity contribution in [2.75, 3.05) is 12.4 Å². The third-order valence-electron chi connectivity index (χ3n) is 5.69. The molecule has 2 N–H and O–H groups in total. The van der Waals surface area contributed by atoms with Crippen molar-refractivity contribution in [1.29, 1.82) is 0 Å². The van der Waals surface area contributed by atoms with Gasteiger partial charge < -0.3 is 15.2 Å². The Labute approximate surface area is 256 Å². The maximum absolute atomic E-state index is 13.4. The first-order chi connectivity index (χ1) is 18.0. The van der Waals surface area contributed by atoms with E-state index in [9.17, 15) is 22.9 Å². The average Bonchev–Trinajstić information content (AvgIpc) is 2.88. The van der Waals surface area contributed by atoms with Gasteiger partial charge in [0.2, 0.25) is 0 Å². The summed E-state index contributed by atoms with van der Waals surface area (Å²) < 4.78 is 38.1. The van der Waals surface area contributed by atoms with Gasteiger partial charge in [0.1, 0.15) is 10.6 Å². The zero-order valence-electron chi connectivity index (χ0n) is 21.0. The Morgan fingerprint density at radius 1 is 1.05 bits per heavy atom. The second-order valence-electron chi connectivity index (χ2n) is 8.06. The summed E-state index contributed by atoms with van der Waals surface area (Å²) in [5, 5.41) is 25.4. The van der Waals surface area contributed by atoms with Crippen LogP contribution in [0.3, 0.4) is 0 Å². The van der Waals surface area contributed by atoms with Gasteiger partial charge in [-0.05, 0) is 47.7 Å². The minimum Gasteiger partial charge on any atom is -0.870 e. The summed E-state index contributed by atoms with van der Waals surface area (Å²) in [6.07, 6.45) is 0.411. The molecule has 0 aliphatic carbocycles. The van der Waals surface area contributed by atoms with Crippen molar-refractivity contribution in [3.63, 3.8) is 0 Å². The molecule has 0 bridgehead atoms. The molecule has 39 heavy (non-hydrogen) atoms. The van der Waals surface area contributed by atoms with Crippen LogP contribution in [0.4, 0.5) is 17.1 Å². The number of methoxy groups -OCH3 is 1. The second kappa shape index (κ2) is 12.6. The molecule has 4 aromatic rings. The Hall–Kier alpha value is -2.70. The van der Waals surface area contributed by atoms with Gasteiger partial charge >= 0.3 is 29.6 Å². The normalized spacial score (nSPS) is 11.4. The van der Waals surface area contributed by atoms with Crippen LogP contribution >= 0.6 is 23.2 Å². The number of hydrogen-bond acceptors (Lipinski definition) is 7. The van der Waals surface area contributed by atoms with Crippen LogP contribution in [0, 0.1) is 0 Å². The van der Waals surface area contributed by atoms with E-state index in [1.54, 1.807) is 43.3 Å². The largest absolute Gasteiger partial charge is 1.00 e. The first-order valence-corrected chi connectivity index (χ1v) is 13.3. The fourth-order valence-corrected chi connectivity index (χ4v) is 4.97. The van der Waals surface area contributed by atoms with Gasteiger partial charge in [0.05, 0.1) is 34.2 Å². The molecule has 0 saturated carbocycles. The van der Waals surface area contributed by atoms with Gasteiger partial charge in [-0.2, -0.15) is 18.6 Å². The molecule has 0 radical (unpaired) electrons. The number of anilines is 1. The Morgan fingerprint density at radius 2 is 1.77 bits per heavy atom. The van der Waals surface area contributed by atoms with E-state index in [2.05, 4.69) is 15.5 Å². The van der Waals surface area contributed by atoms with E-state index >= 15 is 0 Å². The molecule has 0 heterocycles. The molecule has 0 aliphatic rings. The third kappa shape index (κ3) is 6.72. The van der Waals surface area contributed by atoms with Crippen LogP contribution in [0.25, 0.3) is 10.8 Å². The smallest absolute Gasteiger partial charge is 0.870 e. The molecule has 0 unspecified atom stereocenters. The van der Waals surface area contributed by atoms with Gasteiger partial charge in [0.25, 0.3) is 16.0 Å². The third-order valence-corrected chi connectivity index (χ3v) is 7.34. The number of azo groups is 1. The van der Waals surface area contributed by atoms with Crippen molar-refractivity contribution in [1.82, 2.24) is 0 Å². The van der Waals surface area contributed by atoms with Crippen molar-refractivity contribution < 1.29 is 57.2 Å². The van der Waals surface area contributed by atoms with Crippen LogP contribution in [-0.2, 0) is 16.5 Å². The van der Waals surface area contributed by atoms with Gasteiger partial charge in [-0.3, -0.25) is 9.35 Å². The van der Waals surface area contributed by atoms with Crippen LogP contribution in [-0.4, -0.2) is 26.0 Å². The van der Waals surface area contributed by atoms with E-state index in [4.69, 9.17) is 27.9 Å². The number of rotatable bonds is 7. The predicted molar refractivity (Wildman–Crippen MR) is 144 cm³/mol. The summed E-state index contributed by atoms with van der Waals surface area (Å²) in [7, 11) is -3.16.